The Labute approximate surface area is 153 Å². The number of hydrogen-bond acceptors (Lipinski definition) is 5. The van der Waals surface area contributed by atoms with Gasteiger partial charge in [0.05, 0.1) is 11.3 Å². The highest BCUT2D eigenvalue weighted by atomic mass is 16.5. The molecule has 2 aliphatic rings. The fourth-order valence-electron chi connectivity index (χ4n) is 4.08. The molecule has 0 bridgehead atoms. The number of carbonyl (C=O) groups is 1. The van der Waals surface area contributed by atoms with Crippen molar-refractivity contribution in [1.82, 2.24) is 15.4 Å². The van der Waals surface area contributed by atoms with Gasteiger partial charge in [-0.25, -0.2) is 0 Å². The molecular weight excluding hydrogens is 330 g/mol. The van der Waals surface area contributed by atoms with Gasteiger partial charge in [-0.1, -0.05) is 23.4 Å². The zero-order valence-electron chi connectivity index (χ0n) is 15.1. The van der Waals surface area contributed by atoms with E-state index in [9.17, 15) is 4.79 Å². The monoisotopic (exact) mass is 355 g/mol. The average Bonchev–Trinajstić information content (AvgIpc) is 3.22. The van der Waals surface area contributed by atoms with E-state index in [1.54, 1.807) is 0 Å². The molecule has 0 saturated carbocycles. The van der Waals surface area contributed by atoms with Crippen LogP contribution in [0, 0.1) is 6.92 Å². The second kappa shape index (κ2) is 7.21. The lowest BCUT2D eigenvalue weighted by Gasteiger charge is -2.38. The molecule has 2 atom stereocenters. The van der Waals surface area contributed by atoms with E-state index >= 15 is 0 Å². The first kappa shape index (κ1) is 17.2. The van der Waals surface area contributed by atoms with Gasteiger partial charge >= 0.3 is 0 Å². The molecule has 1 amide bonds. The predicted octanol–water partition coefficient (Wildman–Crippen LogP) is 2.54. The first-order valence-corrected chi connectivity index (χ1v) is 9.26. The molecule has 6 heteroatoms. The maximum atomic E-state index is 12.4. The Morgan fingerprint density at radius 2 is 2.23 bits per heavy atom. The maximum absolute atomic E-state index is 12.4. The van der Waals surface area contributed by atoms with Crippen molar-refractivity contribution in [3.05, 3.63) is 53.4 Å². The summed E-state index contributed by atoms with van der Waals surface area (Å²) in [5.41, 5.74) is 1.51. The quantitative estimate of drug-likeness (QED) is 0.913. The van der Waals surface area contributed by atoms with E-state index in [1.807, 2.05) is 43.3 Å². The maximum Gasteiger partial charge on any atom is 0.251 e. The van der Waals surface area contributed by atoms with E-state index in [0.29, 0.717) is 12.2 Å². The van der Waals surface area contributed by atoms with Crippen LogP contribution in [0.4, 0.5) is 0 Å². The Bertz CT molecular complexity index is 761. The molecule has 2 aliphatic heterocycles. The molecular formula is C20H25N3O3. The summed E-state index contributed by atoms with van der Waals surface area (Å²) in [5.74, 6) is 0.840. The minimum Gasteiger partial charge on any atom is -0.373 e. The van der Waals surface area contributed by atoms with Crippen LogP contribution < -0.4 is 5.32 Å². The minimum atomic E-state index is -0.161. The summed E-state index contributed by atoms with van der Waals surface area (Å²) in [6.07, 6.45) is 2.71. The van der Waals surface area contributed by atoms with Crippen LogP contribution in [0.3, 0.4) is 0 Å². The normalized spacial score (nSPS) is 26.3. The number of rotatable bonds is 4. The molecule has 0 unspecified atom stereocenters. The molecule has 1 N–H and O–H groups in total. The van der Waals surface area contributed by atoms with E-state index < -0.39 is 0 Å². The number of likely N-dealkylation sites (tertiary alicyclic amines) is 1. The molecule has 6 nitrogen and oxygen atoms in total. The van der Waals surface area contributed by atoms with Crippen LogP contribution in [-0.4, -0.2) is 47.3 Å². The predicted molar refractivity (Wildman–Crippen MR) is 96.7 cm³/mol. The topological polar surface area (TPSA) is 67.6 Å². The molecule has 4 rings (SSSR count). The van der Waals surface area contributed by atoms with Gasteiger partial charge in [0.25, 0.3) is 5.91 Å². The van der Waals surface area contributed by atoms with Crippen LogP contribution in [0.15, 0.2) is 40.9 Å². The lowest BCUT2D eigenvalue weighted by Crippen LogP contribution is -2.49. The fourth-order valence-corrected chi connectivity index (χ4v) is 4.08. The van der Waals surface area contributed by atoms with Gasteiger partial charge in [0.1, 0.15) is 5.76 Å². The summed E-state index contributed by atoms with van der Waals surface area (Å²) < 4.78 is 11.3. The summed E-state index contributed by atoms with van der Waals surface area (Å²) >= 11 is 0. The summed E-state index contributed by atoms with van der Waals surface area (Å²) in [4.78, 5) is 14.8. The number of nitrogens with zero attached hydrogens (tertiary/aromatic N) is 2. The van der Waals surface area contributed by atoms with Crippen molar-refractivity contribution in [3.63, 3.8) is 0 Å². The minimum absolute atomic E-state index is 0.000533. The molecule has 26 heavy (non-hydrogen) atoms. The molecule has 2 fully saturated rings. The van der Waals surface area contributed by atoms with Crippen LogP contribution >= 0.6 is 0 Å². The third kappa shape index (κ3) is 3.81. The van der Waals surface area contributed by atoms with Gasteiger partial charge in [-0.2, -0.15) is 0 Å². The van der Waals surface area contributed by atoms with Crippen LogP contribution in [0.5, 0.6) is 0 Å². The highest BCUT2D eigenvalue weighted by molar-refractivity contribution is 5.94. The first-order valence-electron chi connectivity index (χ1n) is 9.26. The van der Waals surface area contributed by atoms with Crippen molar-refractivity contribution in [2.45, 2.75) is 44.4 Å². The molecule has 1 aromatic carbocycles. The summed E-state index contributed by atoms with van der Waals surface area (Å²) in [7, 11) is 0. The van der Waals surface area contributed by atoms with Gasteiger partial charge in [0.2, 0.25) is 0 Å². The zero-order chi connectivity index (χ0) is 18.0. The summed E-state index contributed by atoms with van der Waals surface area (Å²) in [6, 6.07) is 11.5. The SMILES string of the molecule is Cc1cc(CN2CC[C@@]3(C[C@H](NC(=O)c4ccccc4)CCO3)C2)no1. The van der Waals surface area contributed by atoms with E-state index in [0.717, 1.165) is 50.4 Å². The fraction of sp³-hybridized carbons (Fsp3) is 0.500. The van der Waals surface area contributed by atoms with Crippen molar-refractivity contribution in [2.24, 2.45) is 0 Å². The Balaban J connectivity index is 1.35. The van der Waals surface area contributed by atoms with Gasteiger partial charge in [0.15, 0.2) is 0 Å². The lowest BCUT2D eigenvalue weighted by molar-refractivity contribution is -0.0793. The number of ether oxygens (including phenoxy) is 1. The Kier molecular flexibility index (Phi) is 4.78. The number of aromatic nitrogens is 1. The van der Waals surface area contributed by atoms with Gasteiger partial charge in [-0.05, 0) is 38.3 Å². The molecule has 1 spiro atoms. The molecule has 2 saturated heterocycles. The van der Waals surface area contributed by atoms with Crippen LogP contribution in [0.1, 0.15) is 41.1 Å². The van der Waals surface area contributed by atoms with Gasteiger partial charge in [0, 0.05) is 43.9 Å². The average molecular weight is 355 g/mol. The van der Waals surface area contributed by atoms with E-state index in [1.165, 1.54) is 0 Å². The van der Waals surface area contributed by atoms with Crippen LogP contribution in [0.2, 0.25) is 0 Å². The Morgan fingerprint density at radius 1 is 1.38 bits per heavy atom. The van der Waals surface area contributed by atoms with Gasteiger partial charge < -0.3 is 14.6 Å². The molecule has 138 valence electrons. The molecule has 1 aromatic heterocycles. The Hall–Kier alpha value is -2.18. The third-order valence-corrected chi connectivity index (χ3v) is 5.32. The largest absolute Gasteiger partial charge is 0.373 e. The van der Waals surface area contributed by atoms with Crippen LogP contribution in [0.25, 0.3) is 0 Å². The standard InChI is InChI=1S/C20H25N3O3/c1-15-11-18(22-26-15)13-23-9-8-20(14-23)12-17(7-10-25-20)21-19(24)16-5-3-2-4-6-16/h2-6,11,17H,7-10,12-14H2,1H3,(H,21,24)/t17-,20-/m1/s1. The highest BCUT2D eigenvalue weighted by Crippen LogP contribution is 2.35. The second-order valence-corrected chi connectivity index (χ2v) is 7.45. The van der Waals surface area contributed by atoms with Crippen LogP contribution in [-0.2, 0) is 11.3 Å². The number of carbonyl (C=O) groups excluding carboxylic acids is 1. The van der Waals surface area contributed by atoms with Crippen molar-refractivity contribution in [1.29, 1.82) is 0 Å². The molecule has 0 aliphatic carbocycles. The highest BCUT2D eigenvalue weighted by Gasteiger charge is 2.43. The van der Waals surface area contributed by atoms with E-state index in [-0.39, 0.29) is 17.6 Å². The van der Waals surface area contributed by atoms with Crippen molar-refractivity contribution < 1.29 is 14.1 Å². The number of amides is 1. The summed E-state index contributed by atoms with van der Waals surface area (Å²) in [5, 5.41) is 7.28. The van der Waals surface area contributed by atoms with E-state index in [2.05, 4.69) is 15.4 Å². The molecule has 0 radical (unpaired) electrons. The third-order valence-electron chi connectivity index (χ3n) is 5.32. The Morgan fingerprint density at radius 3 is 3.00 bits per heavy atom. The van der Waals surface area contributed by atoms with Crippen molar-refractivity contribution in [2.75, 3.05) is 19.7 Å². The molecule has 3 heterocycles. The first-order chi connectivity index (χ1) is 12.6. The van der Waals surface area contributed by atoms with Crippen molar-refractivity contribution in [3.8, 4) is 0 Å². The summed E-state index contributed by atoms with van der Waals surface area (Å²) in [6.45, 7) is 5.23. The second-order valence-electron chi connectivity index (χ2n) is 7.45. The molecule has 2 aromatic rings. The smallest absolute Gasteiger partial charge is 0.251 e. The number of benzene rings is 1. The van der Waals surface area contributed by atoms with Crippen molar-refractivity contribution >= 4 is 5.91 Å². The lowest BCUT2D eigenvalue weighted by atomic mass is 9.89. The van der Waals surface area contributed by atoms with Gasteiger partial charge in [-0.15, -0.1) is 0 Å². The van der Waals surface area contributed by atoms with Gasteiger partial charge in [-0.3, -0.25) is 9.69 Å². The number of hydrogen-bond donors (Lipinski definition) is 1. The number of aryl methyl sites for hydroxylation is 1. The number of nitrogens with one attached hydrogen (secondary N) is 1. The zero-order valence-corrected chi connectivity index (χ0v) is 15.1. The van der Waals surface area contributed by atoms with E-state index in [4.69, 9.17) is 9.26 Å².